The summed E-state index contributed by atoms with van der Waals surface area (Å²) in [5.41, 5.74) is 1.70. The number of sulfonamides is 1. The number of fused-ring (bicyclic) bond motifs is 1. The van der Waals surface area contributed by atoms with Crippen LogP contribution in [0.2, 0.25) is 5.02 Å². The molecule has 0 radical (unpaired) electrons. The monoisotopic (exact) mass is 396 g/mol. The number of benzene rings is 2. The second-order valence-corrected chi connectivity index (χ2v) is 7.99. The summed E-state index contributed by atoms with van der Waals surface area (Å²) < 4.78 is 36.2. The second kappa shape index (κ2) is 7.05. The molecule has 1 aliphatic rings. The van der Waals surface area contributed by atoms with Crippen LogP contribution in [0.4, 0.5) is 11.4 Å². The van der Waals surface area contributed by atoms with Gasteiger partial charge in [0.1, 0.15) is 13.2 Å². The van der Waals surface area contributed by atoms with Crippen molar-refractivity contribution in [3.63, 3.8) is 0 Å². The lowest BCUT2D eigenvalue weighted by molar-refractivity contribution is 0.102. The number of carbonyl (C=O) groups excluding carboxylic acids is 1. The molecule has 138 valence electrons. The number of ether oxygens (including phenoxy) is 2. The van der Waals surface area contributed by atoms with E-state index in [1.807, 2.05) is 0 Å². The maximum absolute atomic E-state index is 12.5. The van der Waals surface area contributed by atoms with Gasteiger partial charge < -0.3 is 14.8 Å². The Morgan fingerprint density at radius 1 is 1.08 bits per heavy atom. The average Bonchev–Trinajstić information content (AvgIpc) is 2.56. The summed E-state index contributed by atoms with van der Waals surface area (Å²) in [7, 11) is -3.45. The van der Waals surface area contributed by atoms with Crippen molar-refractivity contribution in [1.82, 2.24) is 0 Å². The van der Waals surface area contributed by atoms with Crippen molar-refractivity contribution in [1.29, 1.82) is 0 Å². The minimum Gasteiger partial charge on any atom is -0.486 e. The Morgan fingerprint density at radius 2 is 1.73 bits per heavy atom. The predicted octanol–water partition coefficient (Wildman–Crippen LogP) is 3.04. The van der Waals surface area contributed by atoms with E-state index in [4.69, 9.17) is 21.1 Å². The molecule has 2 aromatic rings. The van der Waals surface area contributed by atoms with Crippen LogP contribution in [0.5, 0.6) is 11.5 Å². The summed E-state index contributed by atoms with van der Waals surface area (Å²) in [6, 6.07) is 7.91. The molecule has 0 spiro atoms. The molecular formula is C17H17ClN2O5S. The van der Waals surface area contributed by atoms with E-state index in [-0.39, 0.29) is 5.56 Å². The molecular weight excluding hydrogens is 380 g/mol. The maximum Gasteiger partial charge on any atom is 0.255 e. The van der Waals surface area contributed by atoms with E-state index >= 15 is 0 Å². The van der Waals surface area contributed by atoms with Crippen molar-refractivity contribution in [2.45, 2.75) is 6.92 Å². The van der Waals surface area contributed by atoms with E-state index in [1.54, 1.807) is 31.2 Å². The van der Waals surface area contributed by atoms with Gasteiger partial charge in [0.05, 0.1) is 22.7 Å². The number of amides is 1. The molecule has 1 amide bonds. The number of hydrogen-bond donors (Lipinski definition) is 2. The lowest BCUT2D eigenvalue weighted by Crippen LogP contribution is -2.17. The summed E-state index contributed by atoms with van der Waals surface area (Å²) >= 11 is 6.19. The molecule has 0 aliphatic carbocycles. The zero-order valence-electron chi connectivity index (χ0n) is 14.1. The third-order valence-electron chi connectivity index (χ3n) is 3.68. The van der Waals surface area contributed by atoms with E-state index in [1.165, 1.54) is 6.07 Å². The molecule has 1 aliphatic heterocycles. The molecule has 2 aromatic carbocycles. The Morgan fingerprint density at radius 3 is 2.38 bits per heavy atom. The maximum atomic E-state index is 12.5. The van der Waals surface area contributed by atoms with Crippen LogP contribution >= 0.6 is 11.6 Å². The minimum absolute atomic E-state index is 0.285. The topological polar surface area (TPSA) is 93.7 Å². The molecule has 3 rings (SSSR count). The summed E-state index contributed by atoms with van der Waals surface area (Å²) in [5.74, 6) is 0.591. The van der Waals surface area contributed by atoms with E-state index in [0.717, 1.165) is 6.26 Å². The largest absolute Gasteiger partial charge is 0.486 e. The van der Waals surface area contributed by atoms with Crippen LogP contribution in [0.25, 0.3) is 0 Å². The van der Waals surface area contributed by atoms with Crippen molar-refractivity contribution < 1.29 is 22.7 Å². The Hall–Kier alpha value is -2.45. The number of anilines is 2. The zero-order valence-corrected chi connectivity index (χ0v) is 15.7. The SMILES string of the molecule is Cc1ccc(C(=O)Nc2cc3c(cc2Cl)OCCO3)cc1NS(C)(=O)=O. The Balaban J connectivity index is 1.85. The third kappa shape index (κ3) is 4.20. The summed E-state index contributed by atoms with van der Waals surface area (Å²) in [6.07, 6.45) is 1.05. The molecule has 0 aromatic heterocycles. The fourth-order valence-electron chi connectivity index (χ4n) is 2.43. The van der Waals surface area contributed by atoms with Crippen LogP contribution in [-0.4, -0.2) is 33.8 Å². The molecule has 1 heterocycles. The zero-order chi connectivity index (χ0) is 18.9. The van der Waals surface area contributed by atoms with E-state index in [2.05, 4.69) is 10.0 Å². The number of carbonyl (C=O) groups is 1. The first-order valence-corrected chi connectivity index (χ1v) is 9.99. The van der Waals surface area contributed by atoms with Gasteiger partial charge in [-0.05, 0) is 24.6 Å². The van der Waals surface area contributed by atoms with Gasteiger partial charge in [0.15, 0.2) is 11.5 Å². The highest BCUT2D eigenvalue weighted by Crippen LogP contribution is 2.38. The summed E-state index contributed by atoms with van der Waals surface area (Å²) in [4.78, 5) is 12.5. The number of hydrogen-bond acceptors (Lipinski definition) is 5. The van der Waals surface area contributed by atoms with Gasteiger partial charge in [-0.15, -0.1) is 0 Å². The van der Waals surface area contributed by atoms with Crippen LogP contribution < -0.4 is 19.5 Å². The summed E-state index contributed by atoms with van der Waals surface area (Å²) in [5, 5.41) is 3.01. The van der Waals surface area contributed by atoms with Gasteiger partial charge in [0.2, 0.25) is 10.0 Å². The Bertz CT molecular complexity index is 975. The third-order valence-corrected chi connectivity index (χ3v) is 4.58. The first-order chi connectivity index (χ1) is 12.2. The number of rotatable bonds is 4. The smallest absolute Gasteiger partial charge is 0.255 e. The van der Waals surface area contributed by atoms with Gasteiger partial charge in [-0.1, -0.05) is 17.7 Å². The standard InChI is InChI=1S/C17H17ClN2O5S/c1-10-3-4-11(7-13(10)20-26(2,22)23)17(21)19-14-9-16-15(8-12(14)18)24-5-6-25-16/h3-4,7-9,20H,5-6H2,1-2H3,(H,19,21). The first-order valence-electron chi connectivity index (χ1n) is 7.72. The van der Waals surface area contributed by atoms with Gasteiger partial charge >= 0.3 is 0 Å². The van der Waals surface area contributed by atoms with Crippen molar-refractivity contribution in [3.05, 3.63) is 46.5 Å². The van der Waals surface area contributed by atoms with Gasteiger partial charge in [0.25, 0.3) is 5.91 Å². The molecule has 0 saturated carbocycles. The lowest BCUT2D eigenvalue weighted by atomic mass is 10.1. The number of aryl methyl sites for hydroxylation is 1. The van der Waals surface area contributed by atoms with Crippen LogP contribution in [0.3, 0.4) is 0 Å². The predicted molar refractivity (Wildman–Crippen MR) is 100 cm³/mol. The Labute approximate surface area is 156 Å². The van der Waals surface area contributed by atoms with E-state index in [9.17, 15) is 13.2 Å². The van der Waals surface area contributed by atoms with Crippen molar-refractivity contribution in [2.24, 2.45) is 0 Å². The minimum atomic E-state index is -3.45. The van der Waals surface area contributed by atoms with Gasteiger partial charge in [-0.3, -0.25) is 9.52 Å². The van der Waals surface area contributed by atoms with Crippen molar-refractivity contribution >= 4 is 38.9 Å². The highest BCUT2D eigenvalue weighted by molar-refractivity contribution is 7.92. The van der Waals surface area contributed by atoms with Gasteiger partial charge in [-0.25, -0.2) is 8.42 Å². The van der Waals surface area contributed by atoms with E-state index in [0.29, 0.717) is 46.7 Å². The highest BCUT2D eigenvalue weighted by atomic mass is 35.5. The lowest BCUT2D eigenvalue weighted by Gasteiger charge is -2.20. The second-order valence-electron chi connectivity index (χ2n) is 5.83. The van der Waals surface area contributed by atoms with Crippen LogP contribution in [-0.2, 0) is 10.0 Å². The normalized spacial score (nSPS) is 13.2. The summed E-state index contributed by atoms with van der Waals surface area (Å²) in [6.45, 7) is 2.60. The molecule has 0 fully saturated rings. The molecule has 7 nitrogen and oxygen atoms in total. The molecule has 2 N–H and O–H groups in total. The molecule has 0 bridgehead atoms. The van der Waals surface area contributed by atoms with Crippen LogP contribution in [0, 0.1) is 6.92 Å². The molecule has 0 unspecified atom stereocenters. The number of nitrogens with one attached hydrogen (secondary N) is 2. The van der Waals surface area contributed by atoms with Gasteiger partial charge in [0, 0.05) is 17.7 Å². The molecule has 0 atom stereocenters. The average molecular weight is 397 g/mol. The Kier molecular flexibility index (Phi) is 4.97. The van der Waals surface area contributed by atoms with Crippen LogP contribution in [0.1, 0.15) is 15.9 Å². The number of halogens is 1. The molecule has 0 saturated heterocycles. The van der Waals surface area contributed by atoms with Crippen molar-refractivity contribution in [3.8, 4) is 11.5 Å². The quantitative estimate of drug-likeness (QED) is 0.828. The van der Waals surface area contributed by atoms with E-state index < -0.39 is 15.9 Å². The fourth-order valence-corrected chi connectivity index (χ4v) is 3.25. The van der Waals surface area contributed by atoms with Crippen molar-refractivity contribution in [2.75, 3.05) is 29.5 Å². The highest BCUT2D eigenvalue weighted by Gasteiger charge is 2.17. The first kappa shape index (κ1) is 18.3. The molecule has 9 heteroatoms. The molecule has 26 heavy (non-hydrogen) atoms. The van der Waals surface area contributed by atoms with Crippen LogP contribution in [0.15, 0.2) is 30.3 Å². The fraction of sp³-hybridized carbons (Fsp3) is 0.235. The van der Waals surface area contributed by atoms with Gasteiger partial charge in [-0.2, -0.15) is 0 Å².